The number of aromatic amines is 1. The molecule has 23 heavy (non-hydrogen) atoms. The zero-order chi connectivity index (χ0) is 17.0. The average molecular weight is 347 g/mol. The molecule has 0 aromatic carbocycles. The van der Waals surface area contributed by atoms with E-state index in [1.54, 1.807) is 6.92 Å². The van der Waals surface area contributed by atoms with Crippen molar-refractivity contribution in [2.24, 2.45) is 0 Å². The number of aromatic nitrogens is 4. The van der Waals surface area contributed by atoms with Crippen molar-refractivity contribution in [1.82, 2.24) is 19.5 Å². The summed E-state index contributed by atoms with van der Waals surface area (Å²) >= 11 is 0. The van der Waals surface area contributed by atoms with Crippen LogP contribution in [0.3, 0.4) is 0 Å². The molecule has 0 radical (unpaired) electrons. The summed E-state index contributed by atoms with van der Waals surface area (Å²) in [5.41, 5.74) is 5.42. The highest BCUT2D eigenvalue weighted by Gasteiger charge is 2.20. The van der Waals surface area contributed by atoms with Crippen molar-refractivity contribution in [1.29, 1.82) is 0 Å². The molecule has 0 unspecified atom stereocenters. The van der Waals surface area contributed by atoms with Gasteiger partial charge in [0.15, 0.2) is 11.2 Å². The lowest BCUT2D eigenvalue weighted by Gasteiger charge is -2.18. The Morgan fingerprint density at radius 3 is 2.91 bits per heavy atom. The fourth-order valence-electron chi connectivity index (χ4n) is 1.93. The van der Waals surface area contributed by atoms with E-state index < -0.39 is 25.6 Å². The summed E-state index contributed by atoms with van der Waals surface area (Å²) in [6.45, 7) is 2.47. The molecule has 0 amide bonds. The van der Waals surface area contributed by atoms with Crippen molar-refractivity contribution in [2.45, 2.75) is 19.6 Å². The standard InChI is InChI=1S/C11H18N5O6P/c1-2-21-4-7(22-6-23(18,19)20)3-16-5-13-8-9(16)14-11(12)15-10(8)17/h5,7H,2-4,6H2,1H3,(H2,18,19,20)(H3,12,14,15,17)/t7-/m0/s1. The minimum Gasteiger partial charge on any atom is -0.379 e. The summed E-state index contributed by atoms with van der Waals surface area (Å²) in [6, 6.07) is 0. The van der Waals surface area contributed by atoms with Crippen LogP contribution in [0.2, 0.25) is 0 Å². The second-order valence-corrected chi connectivity index (χ2v) is 6.35. The first-order valence-corrected chi connectivity index (χ1v) is 8.54. The Morgan fingerprint density at radius 2 is 2.26 bits per heavy atom. The van der Waals surface area contributed by atoms with Gasteiger partial charge in [-0.1, -0.05) is 0 Å². The normalized spacial score (nSPS) is 13.5. The molecule has 1 atom stereocenters. The van der Waals surface area contributed by atoms with Crippen LogP contribution in [0.15, 0.2) is 11.1 Å². The maximum Gasteiger partial charge on any atom is 0.350 e. The molecule has 0 saturated carbocycles. The van der Waals surface area contributed by atoms with E-state index in [1.165, 1.54) is 10.9 Å². The van der Waals surface area contributed by atoms with Gasteiger partial charge in [0.25, 0.3) is 5.56 Å². The zero-order valence-electron chi connectivity index (χ0n) is 12.4. The molecule has 0 spiro atoms. The number of fused-ring (bicyclic) bond motifs is 1. The molecule has 0 saturated heterocycles. The molecule has 0 aliphatic heterocycles. The maximum absolute atomic E-state index is 11.7. The van der Waals surface area contributed by atoms with Gasteiger partial charge in [-0.2, -0.15) is 4.98 Å². The van der Waals surface area contributed by atoms with Crippen molar-refractivity contribution in [3.8, 4) is 0 Å². The Kier molecular flexibility index (Phi) is 5.50. The molecule has 11 nitrogen and oxygen atoms in total. The summed E-state index contributed by atoms with van der Waals surface area (Å²) in [5, 5.41) is 0. The highest BCUT2D eigenvalue weighted by atomic mass is 31.2. The van der Waals surface area contributed by atoms with Gasteiger partial charge in [-0.3, -0.25) is 14.3 Å². The van der Waals surface area contributed by atoms with E-state index in [0.29, 0.717) is 6.61 Å². The molecular weight excluding hydrogens is 329 g/mol. The Bertz CT molecular complexity index is 768. The Hall–Kier alpha value is -1.78. The van der Waals surface area contributed by atoms with Crippen molar-refractivity contribution >= 4 is 24.7 Å². The van der Waals surface area contributed by atoms with Crippen LogP contribution in [0, 0.1) is 0 Å². The van der Waals surface area contributed by atoms with Crippen molar-refractivity contribution in [3.05, 3.63) is 16.7 Å². The predicted octanol–water partition coefficient (Wildman–Crippen LogP) is -0.741. The first-order valence-electron chi connectivity index (χ1n) is 6.74. The smallest absolute Gasteiger partial charge is 0.350 e. The minimum atomic E-state index is -4.30. The molecular formula is C11H18N5O6P. The molecule has 128 valence electrons. The Labute approximate surface area is 130 Å². The third-order valence-electron chi connectivity index (χ3n) is 2.88. The summed E-state index contributed by atoms with van der Waals surface area (Å²) in [6.07, 6.45) is 0.00178. The third kappa shape index (κ3) is 4.85. The fraction of sp³-hybridized carbons (Fsp3) is 0.545. The second kappa shape index (κ2) is 7.20. The molecule has 2 aromatic heterocycles. The number of hydrogen-bond acceptors (Lipinski definition) is 7. The van der Waals surface area contributed by atoms with Gasteiger partial charge in [0, 0.05) is 6.61 Å². The number of hydrogen-bond donors (Lipinski definition) is 4. The number of rotatable bonds is 8. The first kappa shape index (κ1) is 17.6. The van der Waals surface area contributed by atoms with Crippen LogP contribution in [0.1, 0.15) is 6.92 Å². The minimum absolute atomic E-state index is 0.0539. The molecule has 0 fully saturated rings. The lowest BCUT2D eigenvalue weighted by molar-refractivity contribution is -0.00828. The third-order valence-corrected chi connectivity index (χ3v) is 3.37. The van der Waals surface area contributed by atoms with Gasteiger partial charge < -0.3 is 29.6 Å². The molecule has 2 rings (SSSR count). The summed E-state index contributed by atoms with van der Waals surface area (Å²) in [7, 11) is -4.30. The van der Waals surface area contributed by atoms with E-state index in [1.807, 2.05) is 0 Å². The van der Waals surface area contributed by atoms with Crippen LogP contribution >= 0.6 is 7.60 Å². The van der Waals surface area contributed by atoms with Crippen LogP contribution in [0.4, 0.5) is 5.95 Å². The van der Waals surface area contributed by atoms with E-state index in [-0.39, 0.29) is 30.3 Å². The average Bonchev–Trinajstić information content (AvgIpc) is 2.84. The Morgan fingerprint density at radius 1 is 1.52 bits per heavy atom. The van der Waals surface area contributed by atoms with Crippen molar-refractivity contribution < 1.29 is 23.8 Å². The lowest BCUT2D eigenvalue weighted by atomic mass is 10.3. The van der Waals surface area contributed by atoms with E-state index in [9.17, 15) is 9.36 Å². The molecule has 0 aliphatic carbocycles. The summed E-state index contributed by atoms with van der Waals surface area (Å²) in [5.74, 6) is -0.0539. The number of imidazole rings is 1. The molecule has 2 heterocycles. The number of nitrogens with one attached hydrogen (secondary N) is 1. The quantitative estimate of drug-likeness (QED) is 0.450. The van der Waals surface area contributed by atoms with Crippen LogP contribution < -0.4 is 11.3 Å². The second-order valence-electron chi connectivity index (χ2n) is 4.76. The molecule has 2 aromatic rings. The molecule has 12 heteroatoms. The predicted molar refractivity (Wildman–Crippen MR) is 80.8 cm³/mol. The lowest BCUT2D eigenvalue weighted by Crippen LogP contribution is -2.26. The van der Waals surface area contributed by atoms with Crippen LogP contribution in [0.25, 0.3) is 11.2 Å². The fourth-order valence-corrected chi connectivity index (χ4v) is 2.33. The van der Waals surface area contributed by atoms with Gasteiger partial charge in [-0.05, 0) is 6.92 Å². The highest BCUT2D eigenvalue weighted by Crippen LogP contribution is 2.34. The van der Waals surface area contributed by atoms with Gasteiger partial charge in [0.05, 0.1) is 25.6 Å². The monoisotopic (exact) mass is 347 g/mol. The highest BCUT2D eigenvalue weighted by molar-refractivity contribution is 7.51. The molecule has 5 N–H and O–H groups in total. The number of anilines is 1. The number of nitrogens with two attached hydrogens (primary N) is 1. The molecule has 0 aliphatic rings. The number of ether oxygens (including phenoxy) is 2. The topological polar surface area (TPSA) is 166 Å². The van der Waals surface area contributed by atoms with Gasteiger partial charge in [0.2, 0.25) is 5.95 Å². The van der Waals surface area contributed by atoms with E-state index in [2.05, 4.69) is 15.0 Å². The number of nitrogens with zero attached hydrogens (tertiary/aromatic N) is 3. The van der Waals surface area contributed by atoms with Gasteiger partial charge in [-0.25, -0.2) is 4.98 Å². The SMILES string of the molecule is CCOC[C@H](Cn1cnc2c(=O)[nH]c(N)nc21)OCP(=O)(O)O. The van der Waals surface area contributed by atoms with E-state index >= 15 is 0 Å². The van der Waals surface area contributed by atoms with Gasteiger partial charge in [-0.15, -0.1) is 0 Å². The van der Waals surface area contributed by atoms with Gasteiger partial charge in [0.1, 0.15) is 6.35 Å². The summed E-state index contributed by atoms with van der Waals surface area (Å²) in [4.78, 5) is 39.8. The van der Waals surface area contributed by atoms with Crippen LogP contribution in [-0.4, -0.2) is 55.0 Å². The zero-order valence-corrected chi connectivity index (χ0v) is 13.3. The summed E-state index contributed by atoms with van der Waals surface area (Å²) < 4.78 is 22.9. The van der Waals surface area contributed by atoms with Crippen LogP contribution in [0.5, 0.6) is 0 Å². The number of nitrogen functional groups attached to an aromatic ring is 1. The van der Waals surface area contributed by atoms with E-state index in [4.69, 9.17) is 25.0 Å². The number of H-pyrrole nitrogens is 1. The van der Waals surface area contributed by atoms with E-state index in [0.717, 1.165) is 0 Å². The van der Waals surface area contributed by atoms with Crippen molar-refractivity contribution in [3.63, 3.8) is 0 Å². The first-order chi connectivity index (χ1) is 10.8. The van der Waals surface area contributed by atoms with Gasteiger partial charge >= 0.3 is 7.60 Å². The van der Waals surface area contributed by atoms with Crippen LogP contribution in [-0.2, 0) is 20.6 Å². The Balaban J connectivity index is 2.21. The van der Waals surface area contributed by atoms with Crippen molar-refractivity contribution in [2.75, 3.05) is 25.3 Å². The molecule has 0 bridgehead atoms. The maximum atomic E-state index is 11.7. The largest absolute Gasteiger partial charge is 0.379 e.